The van der Waals surface area contributed by atoms with Gasteiger partial charge in [0, 0.05) is 24.4 Å². The van der Waals surface area contributed by atoms with Gasteiger partial charge in [0.1, 0.15) is 48.0 Å². The molecular formula is C43H51N9O34P2. The standard InChI is InChI=1S/C43H51N9O34P2/c44-34-29-36(49-16-48-34)52(17-50-29)38-32(63)33(64)41(77-38,15-73-88(70,71)86-87(68,69)72-14-19-30(61)31(62)37(74-19)51-11-1-2-18(13-51)35(45)65)20-12-28(60)83-79-24(56)6-8-26(58)82-85-40(67)43(20,47)76-22(54)4-3-21(53)75-42(46)10-9-27(59)80-78-23(55)5-7-25(57)81-84-39(42)66/h1,11,13,16-17,19-20,30-33,37-38,61-64H,2-10,12,14-15,46-47H2,(H2,45,65)(H,68,69)(H,70,71)(H2,44,48,49)/t19-,20?,30-,31-,32-,33+,37-,38-,41+,42-,43-/m1/s1. The zero-order chi connectivity index (χ0) is 64.7. The van der Waals surface area contributed by atoms with Crippen molar-refractivity contribution in [2.45, 2.75) is 124 Å². The number of aromatic nitrogens is 4. The molecule has 13 atom stereocenters. The number of imidazole rings is 1. The van der Waals surface area contributed by atoms with Crippen molar-refractivity contribution in [3.63, 3.8) is 0 Å². The van der Waals surface area contributed by atoms with Gasteiger partial charge in [-0.05, 0) is 6.42 Å². The van der Waals surface area contributed by atoms with E-state index < -0.39 is 218 Å². The molecule has 0 aliphatic carbocycles. The topological polar surface area (TPSA) is 633 Å². The van der Waals surface area contributed by atoms with Gasteiger partial charge in [-0.25, -0.2) is 102 Å². The van der Waals surface area contributed by atoms with Gasteiger partial charge in [0.2, 0.25) is 5.91 Å². The van der Waals surface area contributed by atoms with E-state index in [1.54, 1.807) is 0 Å². The molecule has 14 N–H and O–H groups in total. The number of aliphatic hydroxyl groups excluding tert-OH is 4. The molecule has 7 rings (SSSR count). The molecule has 1 amide bonds. The van der Waals surface area contributed by atoms with Gasteiger partial charge < -0.3 is 65.5 Å². The molecule has 0 aromatic carbocycles. The van der Waals surface area contributed by atoms with E-state index in [4.69, 9.17) is 50.9 Å². The average Bonchev–Trinajstić information content (AvgIpc) is 1.68. The highest BCUT2D eigenvalue weighted by molar-refractivity contribution is 7.61. The fourth-order valence-electron chi connectivity index (χ4n) is 8.57. The highest BCUT2D eigenvalue weighted by atomic mass is 31.3. The summed E-state index contributed by atoms with van der Waals surface area (Å²) in [5.41, 5.74) is 12.5. The van der Waals surface area contributed by atoms with Crippen LogP contribution >= 0.6 is 15.6 Å². The molecule has 43 nitrogen and oxygen atoms in total. The van der Waals surface area contributed by atoms with Gasteiger partial charge in [-0.1, -0.05) is 6.08 Å². The fourth-order valence-corrected chi connectivity index (χ4v) is 10.7. The van der Waals surface area contributed by atoms with Crippen molar-refractivity contribution in [3.8, 4) is 0 Å². The number of nitrogens with zero attached hydrogens (tertiary/aromatic N) is 5. The minimum atomic E-state index is -6.39. The Balaban J connectivity index is 1.21. The normalized spacial score (nSPS) is 31.0. The molecule has 2 aromatic heterocycles. The Bertz CT molecular complexity index is 3270. The molecule has 45 heteroatoms. The number of allylic oxidation sites excluding steroid dienone is 1. The zero-order valence-corrected chi connectivity index (χ0v) is 46.3. The number of esters is 2. The molecular weight excluding hydrogens is 1250 g/mol. The minimum absolute atomic E-state index is 0.0363. The molecule has 0 saturated carbocycles. The summed E-state index contributed by atoms with van der Waals surface area (Å²) in [7, 11) is -12.4. The first kappa shape index (κ1) is 67.3. The maximum Gasteiger partial charge on any atom is 0.481 e. The minimum Gasteiger partial charge on any atom is -0.432 e. The highest BCUT2D eigenvalue weighted by Crippen LogP contribution is 2.62. The number of carbonyl (C=O) groups is 11. The van der Waals surface area contributed by atoms with Gasteiger partial charge >= 0.3 is 75.3 Å². The van der Waals surface area contributed by atoms with E-state index in [0.717, 1.165) is 22.1 Å². The lowest BCUT2D eigenvalue weighted by molar-refractivity contribution is -0.284. The molecule has 88 heavy (non-hydrogen) atoms. The van der Waals surface area contributed by atoms with E-state index >= 15 is 0 Å². The molecule has 5 aliphatic rings. The number of hydrogen-bond acceptors (Lipinski definition) is 39. The van der Waals surface area contributed by atoms with E-state index in [-0.39, 0.29) is 29.0 Å². The van der Waals surface area contributed by atoms with Crippen molar-refractivity contribution in [1.82, 2.24) is 24.4 Å². The summed E-state index contributed by atoms with van der Waals surface area (Å²) in [6.45, 7) is -3.26. The number of phosphoric acid groups is 2. The van der Waals surface area contributed by atoms with Crippen LogP contribution in [0.1, 0.15) is 70.4 Å². The number of primary amides is 1. The Morgan fingerprint density at radius 2 is 1.25 bits per heavy atom. The number of amides is 1. The van der Waals surface area contributed by atoms with Crippen LogP contribution in [-0.4, -0.2) is 187 Å². The number of nitrogen functional groups attached to an aromatic ring is 1. The van der Waals surface area contributed by atoms with E-state index in [9.17, 15) is 92.1 Å². The van der Waals surface area contributed by atoms with Crippen LogP contribution in [0.25, 0.3) is 11.2 Å². The molecule has 0 spiro atoms. The zero-order valence-electron chi connectivity index (χ0n) is 44.5. The van der Waals surface area contributed by atoms with Gasteiger partial charge in [0.15, 0.2) is 23.9 Å². The van der Waals surface area contributed by atoms with Crippen LogP contribution in [-0.2, 0) is 133 Å². The number of carbonyl (C=O) groups excluding carboxylic acids is 11. The van der Waals surface area contributed by atoms with E-state index in [2.05, 4.69) is 58.4 Å². The molecule has 5 aliphatic heterocycles. The summed E-state index contributed by atoms with van der Waals surface area (Å²) in [5, 5.41) is 45.6. The number of rotatable bonds is 17. The van der Waals surface area contributed by atoms with Gasteiger partial charge in [-0.3, -0.25) is 39.5 Å². The Hall–Kier alpha value is -8.26. The maximum absolute atomic E-state index is 14.4. The number of fused-ring (bicyclic) bond motifs is 1. The van der Waals surface area contributed by atoms with Crippen LogP contribution < -0.4 is 22.9 Å². The van der Waals surface area contributed by atoms with Crippen LogP contribution in [0, 0.1) is 5.92 Å². The molecule has 2 aromatic rings. The number of ether oxygens (including phenoxy) is 4. The molecule has 4 saturated heterocycles. The Morgan fingerprint density at radius 1 is 0.693 bits per heavy atom. The van der Waals surface area contributed by atoms with Crippen molar-refractivity contribution in [1.29, 1.82) is 0 Å². The smallest absolute Gasteiger partial charge is 0.432 e. The number of aliphatic hydroxyl groups is 4. The number of nitrogens with two attached hydrogens (primary N) is 4. The van der Waals surface area contributed by atoms with Crippen molar-refractivity contribution < 1.29 is 163 Å². The van der Waals surface area contributed by atoms with Crippen LogP contribution in [0.15, 0.2) is 36.7 Å². The Labute approximate surface area is 488 Å². The van der Waals surface area contributed by atoms with Crippen LogP contribution in [0.5, 0.6) is 0 Å². The van der Waals surface area contributed by atoms with Crippen molar-refractivity contribution in [2.75, 3.05) is 18.9 Å². The quantitative estimate of drug-likeness (QED) is 0.0305. The second kappa shape index (κ2) is 27.4. The van der Waals surface area contributed by atoms with Gasteiger partial charge in [0.25, 0.3) is 11.4 Å². The number of anilines is 1. The maximum atomic E-state index is 14.4. The predicted octanol–water partition coefficient (Wildman–Crippen LogP) is -5.76. The van der Waals surface area contributed by atoms with Gasteiger partial charge in [-0.2, -0.15) is 4.31 Å². The number of hydrogen-bond donors (Lipinski definition) is 10. The summed E-state index contributed by atoms with van der Waals surface area (Å²) in [6.07, 6.45) is -19.3. The lowest BCUT2D eigenvalue weighted by Crippen LogP contribution is -2.69. The molecule has 0 radical (unpaired) electrons. The summed E-state index contributed by atoms with van der Waals surface area (Å²) < 4.78 is 64.2. The third-order valence-electron chi connectivity index (χ3n) is 12.9. The monoisotopic (exact) mass is 1300 g/mol. The third kappa shape index (κ3) is 15.9. The molecule has 482 valence electrons. The van der Waals surface area contributed by atoms with E-state index in [0.29, 0.717) is 0 Å². The molecule has 7 heterocycles. The van der Waals surface area contributed by atoms with Gasteiger partial charge in [0.05, 0.1) is 76.8 Å². The predicted molar refractivity (Wildman–Crippen MR) is 261 cm³/mol. The van der Waals surface area contributed by atoms with Crippen LogP contribution in [0.3, 0.4) is 0 Å². The summed E-state index contributed by atoms with van der Waals surface area (Å²) in [6, 6.07) is 0. The summed E-state index contributed by atoms with van der Waals surface area (Å²) in [5.74, 6) is -21.1. The first-order chi connectivity index (χ1) is 41.3. The second-order valence-corrected chi connectivity index (χ2v) is 22.1. The fraction of sp³-hybridized carbons (Fsp3) is 0.535. The summed E-state index contributed by atoms with van der Waals surface area (Å²) >= 11 is 0. The lowest BCUT2D eigenvalue weighted by atomic mass is 9.74. The number of phosphoric ester groups is 2. The molecule has 3 unspecified atom stereocenters. The van der Waals surface area contributed by atoms with Crippen molar-refractivity contribution in [3.05, 3.63) is 36.7 Å². The largest absolute Gasteiger partial charge is 0.481 e. The first-order valence-electron chi connectivity index (χ1n) is 25.0. The van der Waals surface area contributed by atoms with Crippen LogP contribution in [0.2, 0.25) is 0 Å². The van der Waals surface area contributed by atoms with Crippen molar-refractivity contribution in [2.24, 2.45) is 23.1 Å². The second-order valence-electron chi connectivity index (χ2n) is 19.0. The third-order valence-corrected chi connectivity index (χ3v) is 15.5. The molecule has 4 fully saturated rings. The SMILES string of the molecule is NC(=O)C1=CN([C@@H]2O[C@H](COP(=O)(O)OP(=O)(O)OC[C@@]3(C4CC(=O)OOC(=O)CCC(=O)OOC(=O)[C@]4(N)OC(=O)CCC(=O)O[C@]4(N)CCC(=O)OOC(=O)CCC(=O)OOC4=O)O[C@@H](n4cnc5c(N)ncnc54)[C@H](O)[C@@H]3O)[C@@H](O)[C@H]2O)C=CC1. The first-order valence-corrected chi connectivity index (χ1v) is 28.0. The van der Waals surface area contributed by atoms with Gasteiger partial charge in [-0.15, -0.1) is 0 Å². The lowest BCUT2D eigenvalue weighted by Gasteiger charge is -2.44. The van der Waals surface area contributed by atoms with Crippen molar-refractivity contribution >= 4 is 98.2 Å². The average molecular weight is 1300 g/mol. The Morgan fingerprint density at radius 3 is 1.86 bits per heavy atom. The van der Waals surface area contributed by atoms with E-state index in [1.165, 1.54) is 18.5 Å². The Kier molecular flexibility index (Phi) is 21.0. The summed E-state index contributed by atoms with van der Waals surface area (Å²) in [4.78, 5) is 211. The van der Waals surface area contributed by atoms with E-state index in [1.807, 2.05) is 0 Å². The highest BCUT2D eigenvalue weighted by Gasteiger charge is 2.69. The van der Waals surface area contributed by atoms with Crippen LogP contribution in [0.4, 0.5) is 5.82 Å². The molecule has 0 bridgehead atoms.